The maximum absolute atomic E-state index is 6.10. The molecule has 0 saturated heterocycles. The fraction of sp³-hybridized carbons (Fsp3) is 0.312. The van der Waals surface area contributed by atoms with Gasteiger partial charge < -0.3 is 10.5 Å². The van der Waals surface area contributed by atoms with Gasteiger partial charge in [0, 0.05) is 24.0 Å². The van der Waals surface area contributed by atoms with Gasteiger partial charge in [0.2, 0.25) is 0 Å². The summed E-state index contributed by atoms with van der Waals surface area (Å²) in [6.45, 7) is 2.48. The van der Waals surface area contributed by atoms with Gasteiger partial charge >= 0.3 is 0 Å². The minimum absolute atomic E-state index is 0.131. The van der Waals surface area contributed by atoms with Crippen LogP contribution in [0.3, 0.4) is 0 Å². The van der Waals surface area contributed by atoms with Crippen LogP contribution in [0.25, 0.3) is 0 Å². The number of rotatable bonds is 6. The van der Waals surface area contributed by atoms with E-state index in [-0.39, 0.29) is 6.04 Å². The van der Waals surface area contributed by atoms with Crippen LogP contribution in [0.5, 0.6) is 5.75 Å². The van der Waals surface area contributed by atoms with Crippen molar-refractivity contribution in [3.05, 3.63) is 57.3 Å². The fourth-order valence-electron chi connectivity index (χ4n) is 1.97. The summed E-state index contributed by atoms with van der Waals surface area (Å²) in [5.41, 5.74) is 8.07. The Hall–Kier alpha value is -1.10. The molecule has 0 fully saturated rings. The summed E-state index contributed by atoms with van der Waals surface area (Å²) in [5, 5.41) is 0.608. The molecule has 0 saturated carbocycles. The first-order valence-corrected chi connectivity index (χ1v) is 8.03. The second kappa shape index (κ2) is 7.78. The number of para-hydroxylation sites is 1. The van der Waals surface area contributed by atoms with Gasteiger partial charge in [-0.25, -0.2) is 0 Å². The van der Waals surface area contributed by atoms with E-state index in [1.54, 1.807) is 12.4 Å². The molecule has 2 aromatic rings. The van der Waals surface area contributed by atoms with Crippen molar-refractivity contribution in [1.29, 1.82) is 0 Å². The normalized spacial score (nSPS) is 12.2. The zero-order valence-corrected chi connectivity index (χ0v) is 14.2. The number of ether oxygens (including phenoxy) is 1. The predicted molar refractivity (Wildman–Crippen MR) is 89.7 cm³/mol. The molecule has 0 radical (unpaired) electrons. The van der Waals surface area contributed by atoms with Crippen molar-refractivity contribution in [3.8, 4) is 5.75 Å². The molecule has 3 nitrogen and oxygen atoms in total. The zero-order valence-electron chi connectivity index (χ0n) is 11.9. The van der Waals surface area contributed by atoms with Gasteiger partial charge in [-0.3, -0.25) is 4.98 Å². The van der Waals surface area contributed by atoms with E-state index < -0.39 is 0 Å². The number of nitrogens with zero attached hydrogens (tertiary/aromatic N) is 1. The Balaban J connectivity index is 2.17. The number of pyridine rings is 1. The van der Waals surface area contributed by atoms with Gasteiger partial charge in [0.25, 0.3) is 0 Å². The molecule has 0 aliphatic heterocycles. The molecule has 1 heterocycles. The van der Waals surface area contributed by atoms with E-state index in [1.165, 1.54) is 0 Å². The monoisotopic (exact) mass is 368 g/mol. The standard InChI is InChI=1S/C16H18BrClN2O/c1-2-13(19)8-11-4-3-5-14(17)16(11)21-10-12-6-7-20-9-15(12)18/h3-7,9,13H,2,8,10,19H2,1H3. The van der Waals surface area contributed by atoms with E-state index in [4.69, 9.17) is 22.1 Å². The molecule has 112 valence electrons. The Labute approximate surface area is 138 Å². The molecule has 5 heteroatoms. The second-order valence-electron chi connectivity index (χ2n) is 4.86. The number of benzene rings is 1. The molecule has 2 rings (SSSR count). The Morgan fingerprint density at radius 3 is 2.86 bits per heavy atom. The first kappa shape index (κ1) is 16.3. The number of aromatic nitrogens is 1. The number of nitrogens with two attached hydrogens (primary N) is 1. The van der Waals surface area contributed by atoms with Crippen LogP contribution in [-0.2, 0) is 13.0 Å². The Kier molecular flexibility index (Phi) is 6.03. The highest BCUT2D eigenvalue weighted by Crippen LogP contribution is 2.31. The molecule has 1 aromatic heterocycles. The highest BCUT2D eigenvalue weighted by atomic mass is 79.9. The average molecular weight is 370 g/mol. The lowest BCUT2D eigenvalue weighted by Gasteiger charge is -2.16. The van der Waals surface area contributed by atoms with Gasteiger partial charge in [-0.05, 0) is 46.5 Å². The fourth-order valence-corrected chi connectivity index (χ4v) is 2.67. The Bertz CT molecular complexity index is 607. The molecule has 1 unspecified atom stereocenters. The SMILES string of the molecule is CCC(N)Cc1cccc(Br)c1OCc1ccncc1Cl. The Morgan fingerprint density at radius 2 is 2.14 bits per heavy atom. The summed E-state index contributed by atoms with van der Waals surface area (Å²) in [6.07, 6.45) is 5.05. The summed E-state index contributed by atoms with van der Waals surface area (Å²) < 4.78 is 6.89. The third-order valence-corrected chi connectivity index (χ3v) is 4.25. The van der Waals surface area contributed by atoms with E-state index >= 15 is 0 Å². The van der Waals surface area contributed by atoms with Crippen LogP contribution >= 0.6 is 27.5 Å². The molecular formula is C16H18BrClN2O. The zero-order chi connectivity index (χ0) is 15.2. The summed E-state index contributed by atoms with van der Waals surface area (Å²) in [4.78, 5) is 3.97. The van der Waals surface area contributed by atoms with E-state index in [0.717, 1.165) is 34.2 Å². The minimum Gasteiger partial charge on any atom is -0.487 e. The molecule has 1 aromatic carbocycles. The second-order valence-corrected chi connectivity index (χ2v) is 6.12. The van der Waals surface area contributed by atoms with Gasteiger partial charge in [0.15, 0.2) is 0 Å². The number of hydrogen-bond donors (Lipinski definition) is 1. The van der Waals surface area contributed by atoms with Gasteiger partial charge in [-0.2, -0.15) is 0 Å². The molecule has 0 aliphatic rings. The van der Waals surface area contributed by atoms with Crippen LogP contribution in [0, 0.1) is 0 Å². The maximum atomic E-state index is 6.10. The van der Waals surface area contributed by atoms with Crippen LogP contribution in [0.15, 0.2) is 41.1 Å². The molecule has 0 bridgehead atoms. The first-order valence-electron chi connectivity index (χ1n) is 6.86. The van der Waals surface area contributed by atoms with E-state index in [0.29, 0.717) is 11.6 Å². The van der Waals surface area contributed by atoms with Gasteiger partial charge in [0.1, 0.15) is 12.4 Å². The van der Waals surface area contributed by atoms with E-state index in [2.05, 4.69) is 27.8 Å². The first-order chi connectivity index (χ1) is 10.1. The lowest BCUT2D eigenvalue weighted by molar-refractivity contribution is 0.300. The van der Waals surface area contributed by atoms with Crippen molar-refractivity contribution >= 4 is 27.5 Å². The van der Waals surface area contributed by atoms with Crippen LogP contribution in [0.4, 0.5) is 0 Å². The Morgan fingerprint density at radius 1 is 1.33 bits per heavy atom. The number of halogens is 2. The third kappa shape index (κ3) is 4.43. The van der Waals surface area contributed by atoms with Crippen molar-refractivity contribution in [2.24, 2.45) is 5.73 Å². The highest BCUT2D eigenvalue weighted by molar-refractivity contribution is 9.10. The van der Waals surface area contributed by atoms with Crippen LogP contribution in [0.2, 0.25) is 5.02 Å². The maximum Gasteiger partial charge on any atom is 0.137 e. The van der Waals surface area contributed by atoms with Gasteiger partial charge in [0.05, 0.1) is 9.50 Å². The molecule has 0 spiro atoms. The summed E-state index contributed by atoms with van der Waals surface area (Å²) >= 11 is 9.64. The third-order valence-electron chi connectivity index (χ3n) is 3.28. The topological polar surface area (TPSA) is 48.1 Å². The lowest BCUT2D eigenvalue weighted by atomic mass is 10.0. The largest absolute Gasteiger partial charge is 0.487 e. The van der Waals surface area contributed by atoms with E-state index in [1.807, 2.05) is 24.3 Å². The smallest absolute Gasteiger partial charge is 0.137 e. The molecule has 0 aliphatic carbocycles. The van der Waals surface area contributed by atoms with Crippen molar-refractivity contribution in [1.82, 2.24) is 4.98 Å². The molecular weight excluding hydrogens is 352 g/mol. The predicted octanol–water partition coefficient (Wildman–Crippen LogP) is 4.36. The van der Waals surface area contributed by atoms with Crippen molar-refractivity contribution in [2.45, 2.75) is 32.4 Å². The summed E-state index contributed by atoms with van der Waals surface area (Å²) in [7, 11) is 0. The summed E-state index contributed by atoms with van der Waals surface area (Å²) in [6, 6.07) is 7.99. The molecule has 21 heavy (non-hydrogen) atoms. The van der Waals surface area contributed by atoms with Crippen LogP contribution in [-0.4, -0.2) is 11.0 Å². The quantitative estimate of drug-likeness (QED) is 0.823. The van der Waals surface area contributed by atoms with Crippen molar-refractivity contribution < 1.29 is 4.74 Å². The van der Waals surface area contributed by atoms with Crippen LogP contribution in [0.1, 0.15) is 24.5 Å². The molecule has 2 N–H and O–H groups in total. The van der Waals surface area contributed by atoms with Crippen LogP contribution < -0.4 is 10.5 Å². The minimum atomic E-state index is 0.131. The van der Waals surface area contributed by atoms with E-state index in [9.17, 15) is 0 Å². The number of hydrogen-bond acceptors (Lipinski definition) is 3. The average Bonchev–Trinajstić information content (AvgIpc) is 2.48. The highest BCUT2D eigenvalue weighted by Gasteiger charge is 2.12. The molecule has 1 atom stereocenters. The van der Waals surface area contributed by atoms with Gasteiger partial charge in [-0.1, -0.05) is 30.7 Å². The van der Waals surface area contributed by atoms with Crippen molar-refractivity contribution in [2.75, 3.05) is 0 Å². The lowest BCUT2D eigenvalue weighted by Crippen LogP contribution is -2.21. The summed E-state index contributed by atoms with van der Waals surface area (Å²) in [5.74, 6) is 0.828. The molecule has 0 amide bonds. The van der Waals surface area contributed by atoms with Crippen molar-refractivity contribution in [3.63, 3.8) is 0 Å². The van der Waals surface area contributed by atoms with Gasteiger partial charge in [-0.15, -0.1) is 0 Å².